The van der Waals surface area contributed by atoms with Gasteiger partial charge in [0.05, 0.1) is 5.92 Å². The molecule has 2 fully saturated rings. The lowest BCUT2D eigenvalue weighted by atomic mass is 9.87. The quantitative estimate of drug-likeness (QED) is 0.541. The predicted octanol–water partition coefficient (Wildman–Crippen LogP) is 4.90. The molecule has 3 aromatic carbocycles. The van der Waals surface area contributed by atoms with Gasteiger partial charge in [0.2, 0.25) is 5.91 Å². The van der Waals surface area contributed by atoms with Gasteiger partial charge in [-0.2, -0.15) is 0 Å². The maximum atomic E-state index is 14.1. The van der Waals surface area contributed by atoms with Gasteiger partial charge >= 0.3 is 6.09 Å². The fourth-order valence-corrected chi connectivity index (χ4v) is 4.95. The number of hydrogen-bond acceptors (Lipinski definition) is 4. The van der Waals surface area contributed by atoms with Gasteiger partial charge in [-0.05, 0) is 28.8 Å². The molecular formula is C27H24F2N2O3. The van der Waals surface area contributed by atoms with Crippen molar-refractivity contribution in [2.75, 3.05) is 19.7 Å². The third-order valence-corrected chi connectivity index (χ3v) is 6.63. The summed E-state index contributed by atoms with van der Waals surface area (Å²) >= 11 is 0. The molecule has 3 aromatic rings. The van der Waals surface area contributed by atoms with E-state index in [1.807, 2.05) is 60.7 Å². The van der Waals surface area contributed by atoms with Crippen LogP contribution in [0.3, 0.4) is 0 Å². The Labute approximate surface area is 196 Å². The number of amides is 2. The van der Waals surface area contributed by atoms with Gasteiger partial charge in [0.15, 0.2) is 11.6 Å². The van der Waals surface area contributed by atoms with E-state index in [1.165, 1.54) is 11.0 Å². The van der Waals surface area contributed by atoms with Crippen LogP contribution in [0, 0.1) is 17.6 Å². The van der Waals surface area contributed by atoms with Crippen LogP contribution in [0.2, 0.25) is 0 Å². The molecule has 0 bridgehead atoms. The van der Waals surface area contributed by atoms with Crippen LogP contribution in [0.1, 0.15) is 28.7 Å². The first kappa shape index (κ1) is 22.2. The Hall–Kier alpha value is -3.58. The summed E-state index contributed by atoms with van der Waals surface area (Å²) in [7, 11) is 0. The van der Waals surface area contributed by atoms with Gasteiger partial charge < -0.3 is 4.74 Å². The number of halogens is 2. The van der Waals surface area contributed by atoms with Gasteiger partial charge in [0.25, 0.3) is 0 Å². The number of benzene rings is 3. The molecule has 2 heterocycles. The van der Waals surface area contributed by atoms with E-state index in [-0.39, 0.29) is 12.5 Å². The lowest BCUT2D eigenvalue weighted by Gasteiger charge is -2.26. The number of carbonyl (C=O) groups excluding carboxylic acids is 2. The van der Waals surface area contributed by atoms with Crippen molar-refractivity contribution in [3.8, 4) is 0 Å². The molecule has 34 heavy (non-hydrogen) atoms. The van der Waals surface area contributed by atoms with Gasteiger partial charge in [-0.1, -0.05) is 66.7 Å². The van der Waals surface area contributed by atoms with Crippen LogP contribution in [0.4, 0.5) is 13.6 Å². The summed E-state index contributed by atoms with van der Waals surface area (Å²) < 4.78 is 33.0. The molecule has 0 radical (unpaired) electrons. The van der Waals surface area contributed by atoms with Crippen molar-refractivity contribution in [3.63, 3.8) is 0 Å². The lowest BCUT2D eigenvalue weighted by Crippen LogP contribution is -2.41. The maximum Gasteiger partial charge on any atom is 0.417 e. The zero-order chi connectivity index (χ0) is 23.7. The molecule has 2 aliphatic heterocycles. The third-order valence-electron chi connectivity index (χ3n) is 6.63. The van der Waals surface area contributed by atoms with Crippen LogP contribution < -0.4 is 0 Å². The highest BCUT2D eigenvalue weighted by Crippen LogP contribution is 2.38. The highest BCUT2D eigenvalue weighted by atomic mass is 19.2. The Kier molecular flexibility index (Phi) is 6.11. The largest absolute Gasteiger partial charge is 0.446 e. The molecule has 2 aliphatic rings. The Morgan fingerprint density at radius 3 is 2.29 bits per heavy atom. The molecule has 2 amide bonds. The van der Waals surface area contributed by atoms with Crippen LogP contribution in [0.5, 0.6) is 0 Å². The van der Waals surface area contributed by atoms with Gasteiger partial charge in [-0.3, -0.25) is 9.69 Å². The highest BCUT2D eigenvalue weighted by Gasteiger charge is 2.47. The normalized spacial score (nSPS) is 22.7. The topological polar surface area (TPSA) is 49.9 Å². The molecule has 2 saturated heterocycles. The molecule has 3 atom stereocenters. The predicted molar refractivity (Wildman–Crippen MR) is 122 cm³/mol. The standard InChI is InChI=1S/C27H24F2N2O3/c28-23-12-11-20(13-24(23)29)21-15-30(14-18-7-3-1-4-8-18)16-22(21)26(32)31-25(17-34-27(31)33)19-9-5-2-6-10-19/h1-13,21-22,25H,14-17H2/t21-,22+,25-/m0/s1. The molecule has 0 aromatic heterocycles. The van der Waals surface area contributed by atoms with Crippen molar-refractivity contribution in [3.05, 3.63) is 107 Å². The summed E-state index contributed by atoms with van der Waals surface area (Å²) in [4.78, 5) is 29.7. The zero-order valence-electron chi connectivity index (χ0n) is 18.4. The van der Waals surface area contributed by atoms with E-state index in [9.17, 15) is 18.4 Å². The van der Waals surface area contributed by atoms with Crippen LogP contribution in [0.25, 0.3) is 0 Å². The molecule has 0 aliphatic carbocycles. The molecule has 0 N–H and O–H groups in total. The molecule has 7 heteroatoms. The van der Waals surface area contributed by atoms with Gasteiger partial charge in [-0.25, -0.2) is 18.5 Å². The summed E-state index contributed by atoms with van der Waals surface area (Å²) in [6, 6.07) is 22.4. The van der Waals surface area contributed by atoms with Crippen molar-refractivity contribution in [2.45, 2.75) is 18.5 Å². The number of nitrogens with zero attached hydrogens (tertiary/aromatic N) is 2. The minimum atomic E-state index is -0.951. The molecule has 5 rings (SSSR count). The SMILES string of the molecule is O=C1OC[C@@H](c2ccccc2)N1C(=O)[C@@H]1CN(Cc2ccccc2)C[C@H]1c1ccc(F)c(F)c1. The van der Waals surface area contributed by atoms with Crippen molar-refractivity contribution in [1.29, 1.82) is 0 Å². The third kappa shape index (κ3) is 4.31. The van der Waals surface area contributed by atoms with E-state index < -0.39 is 35.6 Å². The fraction of sp³-hybridized carbons (Fsp3) is 0.259. The molecular weight excluding hydrogens is 438 g/mol. The van der Waals surface area contributed by atoms with E-state index in [4.69, 9.17) is 4.74 Å². The van der Waals surface area contributed by atoms with E-state index in [1.54, 1.807) is 0 Å². The number of cyclic esters (lactones) is 1. The second-order valence-corrected chi connectivity index (χ2v) is 8.78. The van der Waals surface area contributed by atoms with Crippen molar-refractivity contribution < 1.29 is 23.1 Å². The summed E-state index contributed by atoms with van der Waals surface area (Å²) in [5, 5.41) is 0. The number of ether oxygens (including phenoxy) is 1. The second kappa shape index (κ2) is 9.35. The highest BCUT2D eigenvalue weighted by molar-refractivity contribution is 5.95. The van der Waals surface area contributed by atoms with E-state index in [0.29, 0.717) is 25.2 Å². The second-order valence-electron chi connectivity index (χ2n) is 8.78. The molecule has 0 unspecified atom stereocenters. The Morgan fingerprint density at radius 2 is 1.59 bits per heavy atom. The minimum absolute atomic E-state index is 0.0882. The molecule has 0 spiro atoms. The first-order valence-corrected chi connectivity index (χ1v) is 11.3. The number of carbonyl (C=O) groups is 2. The Balaban J connectivity index is 1.46. The number of hydrogen-bond donors (Lipinski definition) is 0. The lowest BCUT2D eigenvalue weighted by molar-refractivity contribution is -0.133. The summed E-state index contributed by atoms with van der Waals surface area (Å²) in [6.07, 6.45) is -0.676. The van der Waals surface area contributed by atoms with Crippen molar-refractivity contribution >= 4 is 12.0 Å². The van der Waals surface area contributed by atoms with Crippen molar-refractivity contribution in [2.24, 2.45) is 5.92 Å². The van der Waals surface area contributed by atoms with Crippen LogP contribution in [-0.4, -0.2) is 41.5 Å². The van der Waals surface area contributed by atoms with Crippen LogP contribution >= 0.6 is 0 Å². The Morgan fingerprint density at radius 1 is 0.882 bits per heavy atom. The van der Waals surface area contributed by atoms with Gasteiger partial charge in [0.1, 0.15) is 12.6 Å². The molecule has 174 valence electrons. The summed E-state index contributed by atoms with van der Waals surface area (Å²) in [5.74, 6) is -3.24. The van der Waals surface area contributed by atoms with E-state index >= 15 is 0 Å². The fourth-order valence-electron chi connectivity index (χ4n) is 4.95. The smallest absolute Gasteiger partial charge is 0.417 e. The van der Waals surface area contributed by atoms with E-state index in [2.05, 4.69) is 4.90 Å². The number of likely N-dealkylation sites (tertiary alicyclic amines) is 1. The monoisotopic (exact) mass is 462 g/mol. The Bertz CT molecular complexity index is 1190. The van der Waals surface area contributed by atoms with Gasteiger partial charge in [-0.15, -0.1) is 0 Å². The average Bonchev–Trinajstić information content (AvgIpc) is 3.45. The van der Waals surface area contributed by atoms with Crippen LogP contribution in [-0.2, 0) is 16.1 Å². The first-order valence-electron chi connectivity index (χ1n) is 11.3. The van der Waals surface area contributed by atoms with Crippen LogP contribution in [0.15, 0.2) is 78.9 Å². The maximum absolute atomic E-state index is 14.1. The van der Waals surface area contributed by atoms with Crippen molar-refractivity contribution in [1.82, 2.24) is 9.80 Å². The first-order chi connectivity index (χ1) is 16.5. The number of imide groups is 1. The molecule has 5 nitrogen and oxygen atoms in total. The van der Waals surface area contributed by atoms with E-state index in [0.717, 1.165) is 23.3 Å². The minimum Gasteiger partial charge on any atom is -0.446 e. The number of rotatable bonds is 5. The molecule has 0 saturated carbocycles. The van der Waals surface area contributed by atoms with Gasteiger partial charge in [0, 0.05) is 25.6 Å². The summed E-state index contributed by atoms with van der Waals surface area (Å²) in [5.41, 5.74) is 2.43. The summed E-state index contributed by atoms with van der Waals surface area (Å²) in [6.45, 7) is 1.57. The average molecular weight is 462 g/mol. The zero-order valence-corrected chi connectivity index (χ0v) is 18.4.